The molecule has 18 heavy (non-hydrogen) atoms. The Labute approximate surface area is 107 Å². The zero-order valence-corrected chi connectivity index (χ0v) is 10.9. The molecule has 94 valence electrons. The Morgan fingerprint density at radius 3 is 2.72 bits per heavy atom. The molecular weight excluding hydrogens is 226 g/mol. The van der Waals surface area contributed by atoms with Crippen LogP contribution in [0.3, 0.4) is 0 Å². The number of aromatic nitrogens is 2. The van der Waals surface area contributed by atoms with Crippen LogP contribution >= 0.6 is 0 Å². The summed E-state index contributed by atoms with van der Waals surface area (Å²) in [6, 6.07) is 7.84. The van der Waals surface area contributed by atoms with Gasteiger partial charge in [0.1, 0.15) is 0 Å². The number of benzene rings is 1. The van der Waals surface area contributed by atoms with Gasteiger partial charge in [-0.1, -0.05) is 25.1 Å². The predicted molar refractivity (Wildman–Crippen MR) is 71.7 cm³/mol. The van der Waals surface area contributed by atoms with Gasteiger partial charge in [0.25, 0.3) is 5.91 Å². The lowest BCUT2D eigenvalue weighted by Gasteiger charge is -2.08. The fourth-order valence-electron chi connectivity index (χ4n) is 1.96. The lowest BCUT2D eigenvalue weighted by atomic mass is 10.1. The Bertz CT molecular complexity index is 572. The molecule has 0 bridgehead atoms. The van der Waals surface area contributed by atoms with E-state index < -0.39 is 0 Å². The Kier molecular flexibility index (Phi) is 3.46. The summed E-state index contributed by atoms with van der Waals surface area (Å²) in [4.78, 5) is 12.2. The molecule has 0 saturated heterocycles. The van der Waals surface area contributed by atoms with Crippen LogP contribution in [-0.4, -0.2) is 15.7 Å². The van der Waals surface area contributed by atoms with Crippen LogP contribution in [-0.2, 0) is 13.5 Å². The van der Waals surface area contributed by atoms with Gasteiger partial charge in [-0.2, -0.15) is 5.10 Å². The highest BCUT2D eigenvalue weighted by molar-refractivity contribution is 6.05. The van der Waals surface area contributed by atoms with Crippen molar-refractivity contribution >= 4 is 11.6 Å². The summed E-state index contributed by atoms with van der Waals surface area (Å²) in [5, 5.41) is 7.11. The molecule has 2 aromatic rings. The van der Waals surface area contributed by atoms with Crippen LogP contribution < -0.4 is 5.32 Å². The first-order chi connectivity index (χ1) is 8.61. The number of nitrogens with zero attached hydrogens (tertiary/aromatic N) is 2. The van der Waals surface area contributed by atoms with E-state index in [1.165, 1.54) is 0 Å². The Balaban J connectivity index is 2.24. The van der Waals surface area contributed by atoms with Gasteiger partial charge < -0.3 is 5.32 Å². The number of anilines is 1. The normalized spacial score (nSPS) is 10.4. The molecule has 4 heteroatoms. The van der Waals surface area contributed by atoms with Crippen molar-refractivity contribution in [2.24, 2.45) is 7.05 Å². The van der Waals surface area contributed by atoms with Gasteiger partial charge in [0.05, 0.1) is 11.3 Å². The molecule has 0 spiro atoms. The van der Waals surface area contributed by atoms with Gasteiger partial charge in [0.15, 0.2) is 0 Å². The zero-order chi connectivity index (χ0) is 13.1. The van der Waals surface area contributed by atoms with Crippen molar-refractivity contribution < 1.29 is 4.79 Å². The number of amides is 1. The van der Waals surface area contributed by atoms with Crippen molar-refractivity contribution in [3.63, 3.8) is 0 Å². The summed E-state index contributed by atoms with van der Waals surface area (Å²) in [6.07, 6.45) is 2.63. The number of carbonyl (C=O) groups is 1. The van der Waals surface area contributed by atoms with Crippen molar-refractivity contribution in [1.82, 2.24) is 9.78 Å². The van der Waals surface area contributed by atoms with Crippen molar-refractivity contribution in [1.29, 1.82) is 0 Å². The van der Waals surface area contributed by atoms with Gasteiger partial charge in [0, 0.05) is 18.9 Å². The van der Waals surface area contributed by atoms with Gasteiger partial charge in [-0.3, -0.25) is 9.48 Å². The van der Waals surface area contributed by atoms with Crippen molar-refractivity contribution in [2.45, 2.75) is 20.3 Å². The summed E-state index contributed by atoms with van der Waals surface area (Å²) >= 11 is 0. The first-order valence-electron chi connectivity index (χ1n) is 6.01. The smallest absolute Gasteiger partial charge is 0.259 e. The van der Waals surface area contributed by atoms with Crippen LogP contribution in [0.5, 0.6) is 0 Å². The first kappa shape index (κ1) is 12.4. The molecule has 2 rings (SSSR count). The van der Waals surface area contributed by atoms with E-state index in [0.29, 0.717) is 5.56 Å². The number of hydrogen-bond acceptors (Lipinski definition) is 2. The second kappa shape index (κ2) is 5.04. The molecule has 0 unspecified atom stereocenters. The van der Waals surface area contributed by atoms with Crippen molar-refractivity contribution in [2.75, 3.05) is 5.32 Å². The van der Waals surface area contributed by atoms with Gasteiger partial charge >= 0.3 is 0 Å². The molecule has 0 aliphatic carbocycles. The second-order valence-corrected chi connectivity index (χ2v) is 4.27. The van der Waals surface area contributed by atoms with E-state index in [1.807, 2.05) is 38.2 Å². The largest absolute Gasteiger partial charge is 0.322 e. The SMILES string of the molecule is CCc1ccccc1NC(=O)c1cn(C)nc1C. The quantitative estimate of drug-likeness (QED) is 0.900. The van der Waals surface area contributed by atoms with E-state index in [9.17, 15) is 4.79 Å². The number of nitrogens with one attached hydrogen (secondary N) is 1. The number of hydrogen-bond donors (Lipinski definition) is 1. The summed E-state index contributed by atoms with van der Waals surface area (Å²) in [5.41, 5.74) is 3.35. The fraction of sp³-hybridized carbons (Fsp3) is 0.286. The van der Waals surface area contributed by atoms with Gasteiger partial charge in [-0.15, -0.1) is 0 Å². The van der Waals surface area contributed by atoms with E-state index in [1.54, 1.807) is 10.9 Å². The van der Waals surface area contributed by atoms with E-state index in [-0.39, 0.29) is 5.91 Å². The van der Waals surface area contributed by atoms with Crippen LogP contribution in [0.2, 0.25) is 0 Å². The molecule has 0 saturated carbocycles. The van der Waals surface area contributed by atoms with Gasteiger partial charge in [-0.05, 0) is 25.0 Å². The van der Waals surface area contributed by atoms with Crippen molar-refractivity contribution in [3.05, 3.63) is 47.3 Å². The maximum Gasteiger partial charge on any atom is 0.259 e. The molecule has 0 aliphatic rings. The molecule has 1 amide bonds. The van der Waals surface area contributed by atoms with Crippen LogP contribution in [0.25, 0.3) is 0 Å². The zero-order valence-electron chi connectivity index (χ0n) is 10.9. The lowest BCUT2D eigenvalue weighted by Crippen LogP contribution is -2.13. The average Bonchev–Trinajstić information content (AvgIpc) is 2.69. The maximum atomic E-state index is 12.2. The minimum Gasteiger partial charge on any atom is -0.322 e. The highest BCUT2D eigenvalue weighted by Crippen LogP contribution is 2.17. The first-order valence-corrected chi connectivity index (χ1v) is 6.01. The summed E-state index contributed by atoms with van der Waals surface area (Å²) < 4.78 is 1.65. The van der Waals surface area contributed by atoms with Crippen LogP contribution in [0.4, 0.5) is 5.69 Å². The van der Waals surface area contributed by atoms with Crippen molar-refractivity contribution in [3.8, 4) is 0 Å². The second-order valence-electron chi connectivity index (χ2n) is 4.27. The molecule has 4 nitrogen and oxygen atoms in total. The Morgan fingerprint density at radius 2 is 2.11 bits per heavy atom. The highest BCUT2D eigenvalue weighted by atomic mass is 16.1. The minimum atomic E-state index is -0.110. The van der Waals surface area contributed by atoms with Crippen LogP contribution in [0.1, 0.15) is 28.5 Å². The van der Waals surface area contributed by atoms with Crippen LogP contribution in [0, 0.1) is 6.92 Å². The van der Waals surface area contributed by atoms with Gasteiger partial charge in [-0.25, -0.2) is 0 Å². The summed E-state index contributed by atoms with van der Waals surface area (Å²) in [7, 11) is 1.81. The molecular formula is C14H17N3O. The maximum absolute atomic E-state index is 12.2. The number of para-hydroxylation sites is 1. The molecule has 1 aromatic heterocycles. The van der Waals surface area contributed by atoms with E-state index in [4.69, 9.17) is 0 Å². The highest BCUT2D eigenvalue weighted by Gasteiger charge is 2.13. The molecule has 0 atom stereocenters. The summed E-state index contributed by atoms with van der Waals surface area (Å²) in [6.45, 7) is 3.90. The van der Waals surface area contributed by atoms with E-state index in [0.717, 1.165) is 23.4 Å². The molecule has 0 aliphatic heterocycles. The average molecular weight is 243 g/mol. The third-order valence-electron chi connectivity index (χ3n) is 2.90. The topological polar surface area (TPSA) is 46.9 Å². The van der Waals surface area contributed by atoms with E-state index in [2.05, 4.69) is 17.3 Å². The third kappa shape index (κ3) is 2.42. The fourth-order valence-corrected chi connectivity index (χ4v) is 1.96. The molecule has 1 N–H and O–H groups in total. The Hall–Kier alpha value is -2.10. The number of rotatable bonds is 3. The molecule has 0 fully saturated rings. The lowest BCUT2D eigenvalue weighted by molar-refractivity contribution is 0.102. The third-order valence-corrected chi connectivity index (χ3v) is 2.90. The molecule has 0 radical (unpaired) electrons. The Morgan fingerprint density at radius 1 is 1.39 bits per heavy atom. The monoisotopic (exact) mass is 243 g/mol. The minimum absolute atomic E-state index is 0.110. The molecule has 1 heterocycles. The predicted octanol–water partition coefficient (Wildman–Crippen LogP) is 2.54. The van der Waals surface area contributed by atoms with Gasteiger partial charge in [0.2, 0.25) is 0 Å². The van der Waals surface area contributed by atoms with E-state index >= 15 is 0 Å². The number of aryl methyl sites for hydroxylation is 3. The van der Waals surface area contributed by atoms with Crippen LogP contribution in [0.15, 0.2) is 30.5 Å². The summed E-state index contributed by atoms with van der Waals surface area (Å²) in [5.74, 6) is -0.110. The standard InChI is InChI=1S/C14H17N3O/c1-4-11-7-5-6-8-13(11)15-14(18)12-9-17(3)16-10(12)2/h5-9H,4H2,1-3H3,(H,15,18). The number of carbonyl (C=O) groups excluding carboxylic acids is 1. The molecule has 1 aromatic carbocycles.